The molecular weight excluding hydrogens is 354 g/mol. The van der Waals surface area contributed by atoms with E-state index in [2.05, 4.69) is 4.72 Å². The number of piperidine rings is 1. The average Bonchev–Trinajstić information content (AvgIpc) is 2.57. The van der Waals surface area contributed by atoms with Crippen molar-refractivity contribution in [3.63, 3.8) is 0 Å². The third-order valence-corrected chi connectivity index (χ3v) is 8.40. The predicted molar refractivity (Wildman–Crippen MR) is 100 cm³/mol. The van der Waals surface area contributed by atoms with Crippen LogP contribution in [0.2, 0.25) is 0 Å². The van der Waals surface area contributed by atoms with Crippen molar-refractivity contribution in [3.05, 3.63) is 0 Å². The fourth-order valence-electron chi connectivity index (χ4n) is 4.94. The maximum absolute atomic E-state index is 12.7. The number of carboxylic acid groups (broad SMARTS) is 1. The van der Waals surface area contributed by atoms with Gasteiger partial charge in [-0.2, -0.15) is 17.4 Å². The number of hydrogen-bond acceptors (Lipinski definition) is 4. The number of carboxylic acids is 1. The minimum Gasteiger partial charge on any atom is -0.480 e. The van der Waals surface area contributed by atoms with Crippen molar-refractivity contribution >= 4 is 16.2 Å². The van der Waals surface area contributed by atoms with Gasteiger partial charge in [-0.3, -0.25) is 9.69 Å². The van der Waals surface area contributed by atoms with E-state index in [9.17, 15) is 13.2 Å². The zero-order valence-corrected chi connectivity index (χ0v) is 16.6. The SMILES string of the molecule is CCN(CC(=O)O)C1CC(NS(=O)(=O)N2CCC3(CCCCC3)CC2)C1. The summed E-state index contributed by atoms with van der Waals surface area (Å²) in [5.41, 5.74) is 0.393. The largest absolute Gasteiger partial charge is 0.480 e. The van der Waals surface area contributed by atoms with E-state index in [1.807, 2.05) is 11.8 Å². The molecule has 2 saturated carbocycles. The van der Waals surface area contributed by atoms with Crippen LogP contribution >= 0.6 is 0 Å². The molecule has 150 valence electrons. The summed E-state index contributed by atoms with van der Waals surface area (Å²) < 4.78 is 29.8. The molecule has 3 fully saturated rings. The van der Waals surface area contributed by atoms with Gasteiger partial charge in [0.15, 0.2) is 0 Å². The number of nitrogens with one attached hydrogen (secondary N) is 1. The van der Waals surface area contributed by atoms with Gasteiger partial charge in [0.1, 0.15) is 0 Å². The first kappa shape index (κ1) is 20.0. The molecule has 1 aliphatic heterocycles. The van der Waals surface area contributed by atoms with Crippen molar-refractivity contribution in [2.45, 2.75) is 76.8 Å². The Morgan fingerprint density at radius 2 is 1.77 bits per heavy atom. The van der Waals surface area contributed by atoms with E-state index in [4.69, 9.17) is 5.11 Å². The van der Waals surface area contributed by atoms with Crippen molar-refractivity contribution in [2.24, 2.45) is 5.41 Å². The second kappa shape index (κ2) is 8.12. The first-order chi connectivity index (χ1) is 12.3. The molecular formula is C18H33N3O4S. The topological polar surface area (TPSA) is 90.0 Å². The smallest absolute Gasteiger partial charge is 0.317 e. The maximum Gasteiger partial charge on any atom is 0.317 e. The van der Waals surface area contributed by atoms with Crippen molar-refractivity contribution in [1.82, 2.24) is 13.9 Å². The fraction of sp³-hybridized carbons (Fsp3) is 0.944. The Balaban J connectivity index is 1.46. The monoisotopic (exact) mass is 387 g/mol. The molecule has 2 aliphatic carbocycles. The van der Waals surface area contributed by atoms with Crippen LogP contribution < -0.4 is 4.72 Å². The van der Waals surface area contributed by atoms with Gasteiger partial charge in [0.25, 0.3) is 10.2 Å². The first-order valence-electron chi connectivity index (χ1n) is 10.1. The summed E-state index contributed by atoms with van der Waals surface area (Å²) in [6.45, 7) is 3.89. The summed E-state index contributed by atoms with van der Waals surface area (Å²) in [4.78, 5) is 12.8. The van der Waals surface area contributed by atoms with Crippen LogP contribution in [-0.4, -0.2) is 67.0 Å². The van der Waals surface area contributed by atoms with Gasteiger partial charge in [-0.1, -0.05) is 26.2 Å². The van der Waals surface area contributed by atoms with E-state index >= 15 is 0 Å². The minimum atomic E-state index is -3.43. The number of hydrogen-bond donors (Lipinski definition) is 2. The highest BCUT2D eigenvalue weighted by Crippen LogP contribution is 2.44. The van der Waals surface area contributed by atoms with E-state index in [1.54, 1.807) is 4.31 Å². The Kier molecular flexibility index (Phi) is 6.26. The molecule has 0 aromatic carbocycles. The quantitative estimate of drug-likeness (QED) is 0.695. The van der Waals surface area contributed by atoms with Gasteiger partial charge in [-0.05, 0) is 50.5 Å². The van der Waals surface area contributed by atoms with Crippen LogP contribution in [0.25, 0.3) is 0 Å². The fourth-order valence-corrected chi connectivity index (χ4v) is 6.37. The van der Waals surface area contributed by atoms with E-state index in [0.717, 1.165) is 12.8 Å². The first-order valence-corrected chi connectivity index (χ1v) is 11.5. The molecule has 1 saturated heterocycles. The summed E-state index contributed by atoms with van der Waals surface area (Å²) in [5, 5.41) is 8.95. The van der Waals surface area contributed by atoms with Crippen LogP contribution in [0.3, 0.4) is 0 Å². The number of carbonyl (C=O) groups is 1. The number of rotatable bonds is 7. The average molecular weight is 388 g/mol. The molecule has 1 heterocycles. The molecule has 2 N–H and O–H groups in total. The number of aliphatic carboxylic acids is 1. The zero-order chi connectivity index (χ0) is 18.8. The lowest BCUT2D eigenvalue weighted by atomic mass is 9.68. The van der Waals surface area contributed by atoms with E-state index < -0.39 is 16.2 Å². The van der Waals surface area contributed by atoms with E-state index in [-0.39, 0.29) is 18.6 Å². The molecule has 0 radical (unpaired) electrons. The minimum absolute atomic E-state index is 0.0227. The van der Waals surface area contributed by atoms with Crippen molar-refractivity contribution in [3.8, 4) is 0 Å². The lowest BCUT2D eigenvalue weighted by Crippen LogP contribution is -2.57. The van der Waals surface area contributed by atoms with Crippen LogP contribution in [-0.2, 0) is 15.0 Å². The molecule has 3 aliphatic rings. The van der Waals surface area contributed by atoms with Gasteiger partial charge in [-0.15, -0.1) is 0 Å². The normalized spacial score (nSPS) is 29.6. The van der Waals surface area contributed by atoms with Gasteiger partial charge < -0.3 is 5.11 Å². The van der Waals surface area contributed by atoms with Crippen LogP contribution in [0.15, 0.2) is 0 Å². The summed E-state index contributed by atoms with van der Waals surface area (Å²) in [5.74, 6) is -0.833. The van der Waals surface area contributed by atoms with Crippen molar-refractivity contribution in [2.75, 3.05) is 26.2 Å². The molecule has 0 bridgehead atoms. The lowest BCUT2D eigenvalue weighted by Gasteiger charge is -2.45. The highest BCUT2D eigenvalue weighted by Gasteiger charge is 2.41. The van der Waals surface area contributed by atoms with Gasteiger partial charge >= 0.3 is 5.97 Å². The molecule has 0 aromatic rings. The number of likely N-dealkylation sites (N-methyl/N-ethyl adjacent to an activating group) is 1. The summed E-state index contributed by atoms with van der Waals surface area (Å²) in [7, 11) is -3.43. The maximum atomic E-state index is 12.7. The Morgan fingerprint density at radius 3 is 2.31 bits per heavy atom. The van der Waals surface area contributed by atoms with Crippen LogP contribution in [0.1, 0.15) is 64.7 Å². The molecule has 26 heavy (non-hydrogen) atoms. The molecule has 3 rings (SSSR count). The summed E-state index contributed by atoms with van der Waals surface area (Å²) in [6.07, 6.45) is 9.79. The van der Waals surface area contributed by atoms with Crippen LogP contribution in [0, 0.1) is 5.41 Å². The van der Waals surface area contributed by atoms with Crippen molar-refractivity contribution < 1.29 is 18.3 Å². The van der Waals surface area contributed by atoms with Gasteiger partial charge in [0.2, 0.25) is 0 Å². The Bertz CT molecular complexity index is 588. The highest BCUT2D eigenvalue weighted by molar-refractivity contribution is 7.87. The Morgan fingerprint density at radius 1 is 1.15 bits per heavy atom. The standard InChI is InChI=1S/C18H33N3O4S/c1-2-20(14-17(22)23)16-12-15(13-16)19-26(24,25)21-10-8-18(9-11-21)6-4-3-5-7-18/h15-16,19H,2-14H2,1H3,(H,22,23). The van der Waals surface area contributed by atoms with Gasteiger partial charge in [0, 0.05) is 25.2 Å². The Labute approximate surface area is 157 Å². The molecule has 0 aromatic heterocycles. The second-order valence-electron chi connectivity index (χ2n) is 8.36. The molecule has 0 unspecified atom stereocenters. The molecule has 1 spiro atoms. The molecule has 8 heteroatoms. The van der Waals surface area contributed by atoms with Gasteiger partial charge in [0.05, 0.1) is 6.54 Å². The molecule has 7 nitrogen and oxygen atoms in total. The highest BCUT2D eigenvalue weighted by atomic mass is 32.2. The predicted octanol–water partition coefficient (Wildman–Crippen LogP) is 1.80. The van der Waals surface area contributed by atoms with E-state index in [1.165, 1.54) is 32.1 Å². The van der Waals surface area contributed by atoms with E-state index in [0.29, 0.717) is 37.9 Å². The zero-order valence-electron chi connectivity index (χ0n) is 15.8. The Hall–Kier alpha value is -0.700. The van der Waals surface area contributed by atoms with Crippen LogP contribution in [0.4, 0.5) is 0 Å². The molecule has 0 atom stereocenters. The second-order valence-corrected chi connectivity index (χ2v) is 10.1. The molecule has 0 amide bonds. The third kappa shape index (κ3) is 4.58. The lowest BCUT2D eigenvalue weighted by molar-refractivity contribution is -0.139. The van der Waals surface area contributed by atoms with Crippen LogP contribution in [0.5, 0.6) is 0 Å². The summed E-state index contributed by atoms with van der Waals surface area (Å²) in [6, 6.07) is 0.0917. The number of nitrogens with zero attached hydrogens (tertiary/aromatic N) is 2. The van der Waals surface area contributed by atoms with Gasteiger partial charge in [-0.25, -0.2) is 0 Å². The summed E-state index contributed by atoms with van der Waals surface area (Å²) >= 11 is 0. The van der Waals surface area contributed by atoms with Crippen molar-refractivity contribution in [1.29, 1.82) is 0 Å². The third-order valence-electron chi connectivity index (χ3n) is 6.73.